The second-order valence-corrected chi connectivity index (χ2v) is 10.4. The van der Waals surface area contributed by atoms with Crippen LogP contribution in [0.1, 0.15) is 20.8 Å². The van der Waals surface area contributed by atoms with Crippen molar-refractivity contribution >= 4 is 27.3 Å². The quantitative estimate of drug-likeness (QED) is 0.396. The lowest BCUT2D eigenvalue weighted by Crippen LogP contribution is -2.27. The third kappa shape index (κ3) is 5.32. The number of amides is 1. The molecule has 4 rings (SSSR count). The first kappa shape index (κ1) is 23.2. The molecular formula is C25H24N4O4S. The van der Waals surface area contributed by atoms with Gasteiger partial charge in [0.2, 0.25) is 17.7 Å². The van der Waals surface area contributed by atoms with Crippen molar-refractivity contribution in [2.45, 2.75) is 25.7 Å². The predicted octanol–water partition coefficient (Wildman–Crippen LogP) is 5.19. The lowest BCUT2D eigenvalue weighted by atomic mass is 9.95. The molecule has 0 atom stereocenters. The summed E-state index contributed by atoms with van der Waals surface area (Å²) in [5.41, 5.74) is 1.83. The van der Waals surface area contributed by atoms with Crippen LogP contribution in [0.3, 0.4) is 0 Å². The van der Waals surface area contributed by atoms with Gasteiger partial charge in [0.15, 0.2) is 0 Å². The molecular weight excluding hydrogens is 452 g/mol. The van der Waals surface area contributed by atoms with E-state index in [2.05, 4.69) is 20.2 Å². The molecule has 0 aliphatic heterocycles. The first-order valence-corrected chi connectivity index (χ1v) is 12.0. The average Bonchev–Trinajstić information content (AvgIpc) is 3.31. The Hall–Kier alpha value is -3.98. The van der Waals surface area contributed by atoms with Crippen LogP contribution in [-0.2, 0) is 14.8 Å². The number of aromatic nitrogens is 2. The summed E-state index contributed by atoms with van der Waals surface area (Å²) in [6, 6.07) is 22.0. The van der Waals surface area contributed by atoms with Crippen molar-refractivity contribution in [2.24, 2.45) is 5.41 Å². The summed E-state index contributed by atoms with van der Waals surface area (Å²) in [7, 11) is -3.81. The van der Waals surface area contributed by atoms with Gasteiger partial charge in [0.05, 0.1) is 4.90 Å². The summed E-state index contributed by atoms with van der Waals surface area (Å²) in [6.07, 6.45) is 0. The molecule has 0 fully saturated rings. The van der Waals surface area contributed by atoms with Gasteiger partial charge in [-0.25, -0.2) is 8.42 Å². The number of nitrogens with one attached hydrogen (secondary N) is 2. The summed E-state index contributed by atoms with van der Waals surface area (Å²) in [5.74, 6) is 0.554. The highest BCUT2D eigenvalue weighted by Gasteiger charge is 2.21. The zero-order valence-electron chi connectivity index (χ0n) is 18.9. The number of rotatable bonds is 6. The van der Waals surface area contributed by atoms with Crippen LogP contribution in [-0.4, -0.2) is 24.5 Å². The molecule has 0 saturated carbocycles. The molecule has 2 N–H and O–H groups in total. The van der Waals surface area contributed by atoms with Gasteiger partial charge in [0, 0.05) is 27.9 Å². The fourth-order valence-electron chi connectivity index (χ4n) is 2.97. The SMILES string of the molecule is CC(C)(C)C(=O)Nc1ccc(NS(=O)(=O)c2ccc(-c3nnc(-c4ccccc4)o3)cc2)cc1. The van der Waals surface area contributed by atoms with E-state index in [0.29, 0.717) is 28.7 Å². The van der Waals surface area contributed by atoms with E-state index in [9.17, 15) is 13.2 Å². The van der Waals surface area contributed by atoms with Gasteiger partial charge in [-0.05, 0) is 60.7 Å². The van der Waals surface area contributed by atoms with Gasteiger partial charge in [-0.1, -0.05) is 39.0 Å². The number of carbonyl (C=O) groups excluding carboxylic acids is 1. The number of hydrogen-bond donors (Lipinski definition) is 2. The molecule has 0 aliphatic rings. The fourth-order valence-corrected chi connectivity index (χ4v) is 4.03. The number of sulfonamides is 1. The van der Waals surface area contributed by atoms with Crippen LogP contribution in [0.15, 0.2) is 88.2 Å². The number of nitrogens with zero attached hydrogens (tertiary/aromatic N) is 2. The number of carbonyl (C=O) groups is 1. The third-order valence-electron chi connectivity index (χ3n) is 4.93. The highest BCUT2D eigenvalue weighted by molar-refractivity contribution is 7.92. The normalized spacial score (nSPS) is 11.7. The lowest BCUT2D eigenvalue weighted by molar-refractivity contribution is -0.123. The molecule has 34 heavy (non-hydrogen) atoms. The lowest BCUT2D eigenvalue weighted by Gasteiger charge is -2.17. The van der Waals surface area contributed by atoms with Gasteiger partial charge in [0.1, 0.15) is 0 Å². The molecule has 0 unspecified atom stereocenters. The minimum Gasteiger partial charge on any atom is -0.416 e. The molecule has 174 valence electrons. The number of anilines is 2. The van der Waals surface area contributed by atoms with E-state index in [1.54, 1.807) is 36.4 Å². The molecule has 0 spiro atoms. The van der Waals surface area contributed by atoms with Crippen molar-refractivity contribution in [3.8, 4) is 22.9 Å². The van der Waals surface area contributed by atoms with Gasteiger partial charge in [0.25, 0.3) is 10.0 Å². The first-order valence-electron chi connectivity index (χ1n) is 10.6. The molecule has 4 aromatic rings. The molecule has 0 bridgehead atoms. The van der Waals surface area contributed by atoms with Crippen LogP contribution in [0, 0.1) is 5.41 Å². The largest absolute Gasteiger partial charge is 0.416 e. The molecule has 9 heteroatoms. The van der Waals surface area contributed by atoms with Crippen LogP contribution >= 0.6 is 0 Å². The van der Waals surface area contributed by atoms with E-state index in [4.69, 9.17) is 4.42 Å². The van der Waals surface area contributed by atoms with E-state index in [-0.39, 0.29) is 10.8 Å². The molecule has 0 radical (unpaired) electrons. The van der Waals surface area contributed by atoms with Crippen molar-refractivity contribution in [1.82, 2.24) is 10.2 Å². The van der Waals surface area contributed by atoms with Gasteiger partial charge >= 0.3 is 0 Å². The van der Waals surface area contributed by atoms with Crippen molar-refractivity contribution in [3.05, 3.63) is 78.9 Å². The average molecular weight is 477 g/mol. The van der Waals surface area contributed by atoms with Crippen LogP contribution in [0.5, 0.6) is 0 Å². The summed E-state index contributed by atoms with van der Waals surface area (Å²) in [4.78, 5) is 12.2. The maximum atomic E-state index is 12.8. The summed E-state index contributed by atoms with van der Waals surface area (Å²) < 4.78 is 33.9. The van der Waals surface area contributed by atoms with Gasteiger partial charge < -0.3 is 9.73 Å². The molecule has 1 heterocycles. The molecule has 0 saturated heterocycles. The summed E-state index contributed by atoms with van der Waals surface area (Å²) >= 11 is 0. The Morgan fingerprint density at radius 3 is 1.85 bits per heavy atom. The topological polar surface area (TPSA) is 114 Å². The van der Waals surface area contributed by atoms with Crippen LogP contribution in [0.25, 0.3) is 22.9 Å². The van der Waals surface area contributed by atoms with Crippen LogP contribution in [0.2, 0.25) is 0 Å². The van der Waals surface area contributed by atoms with Gasteiger partial charge in [-0.15, -0.1) is 10.2 Å². The molecule has 3 aromatic carbocycles. The third-order valence-corrected chi connectivity index (χ3v) is 6.33. The second-order valence-electron chi connectivity index (χ2n) is 8.69. The zero-order chi connectivity index (χ0) is 24.3. The number of hydrogen-bond acceptors (Lipinski definition) is 6. The van der Waals surface area contributed by atoms with E-state index >= 15 is 0 Å². The maximum absolute atomic E-state index is 12.8. The summed E-state index contributed by atoms with van der Waals surface area (Å²) in [6.45, 7) is 5.45. The first-order chi connectivity index (χ1) is 16.1. The Morgan fingerprint density at radius 1 is 0.765 bits per heavy atom. The van der Waals surface area contributed by atoms with Crippen molar-refractivity contribution < 1.29 is 17.6 Å². The number of benzene rings is 3. The Morgan fingerprint density at radius 2 is 1.29 bits per heavy atom. The fraction of sp³-hybridized carbons (Fsp3) is 0.160. The standard InChI is InChI=1S/C25H24N4O4S/c1-25(2,3)24(30)26-19-11-13-20(14-12-19)29-34(31,32)21-15-9-18(10-16-21)23-28-27-22(33-23)17-7-5-4-6-8-17/h4-16,29H,1-3H3,(H,26,30). The van der Waals surface area contributed by atoms with Crippen molar-refractivity contribution in [3.63, 3.8) is 0 Å². The Balaban J connectivity index is 1.45. The van der Waals surface area contributed by atoms with Crippen LogP contribution in [0.4, 0.5) is 11.4 Å². The van der Waals surface area contributed by atoms with Gasteiger partial charge in [-0.3, -0.25) is 9.52 Å². The van der Waals surface area contributed by atoms with Crippen LogP contribution < -0.4 is 10.0 Å². The van der Waals surface area contributed by atoms with Crippen molar-refractivity contribution in [2.75, 3.05) is 10.0 Å². The second kappa shape index (κ2) is 9.11. The van der Waals surface area contributed by atoms with E-state index in [1.807, 2.05) is 51.1 Å². The molecule has 8 nitrogen and oxygen atoms in total. The summed E-state index contributed by atoms with van der Waals surface area (Å²) in [5, 5.41) is 10.9. The minimum atomic E-state index is -3.81. The zero-order valence-corrected chi connectivity index (χ0v) is 19.8. The van der Waals surface area contributed by atoms with Gasteiger partial charge in [-0.2, -0.15) is 0 Å². The molecule has 1 aromatic heterocycles. The highest BCUT2D eigenvalue weighted by Crippen LogP contribution is 2.26. The minimum absolute atomic E-state index is 0.0872. The van der Waals surface area contributed by atoms with E-state index in [1.165, 1.54) is 12.1 Å². The van der Waals surface area contributed by atoms with E-state index < -0.39 is 15.4 Å². The monoisotopic (exact) mass is 476 g/mol. The molecule has 0 aliphatic carbocycles. The Bertz CT molecular complexity index is 1390. The Kier molecular flexibility index (Phi) is 6.21. The highest BCUT2D eigenvalue weighted by atomic mass is 32.2. The predicted molar refractivity (Wildman–Crippen MR) is 131 cm³/mol. The van der Waals surface area contributed by atoms with E-state index in [0.717, 1.165) is 5.56 Å². The smallest absolute Gasteiger partial charge is 0.261 e. The van der Waals surface area contributed by atoms with Crippen molar-refractivity contribution in [1.29, 1.82) is 0 Å². The molecule has 1 amide bonds. The Labute approximate surface area is 198 Å². The maximum Gasteiger partial charge on any atom is 0.261 e.